The van der Waals surface area contributed by atoms with Gasteiger partial charge in [0.1, 0.15) is 0 Å². The molecule has 0 aliphatic carbocycles. The number of aromatic nitrogens is 1. The van der Waals surface area contributed by atoms with Crippen LogP contribution < -0.4 is 5.32 Å². The van der Waals surface area contributed by atoms with Crippen LogP contribution in [0.3, 0.4) is 0 Å². The Balaban J connectivity index is 1.58. The van der Waals surface area contributed by atoms with E-state index in [1.807, 2.05) is 24.4 Å². The molecule has 2 aromatic rings. The van der Waals surface area contributed by atoms with Crippen LogP contribution in [0.1, 0.15) is 20.2 Å². The summed E-state index contributed by atoms with van der Waals surface area (Å²) in [6.07, 6.45) is 0. The summed E-state index contributed by atoms with van der Waals surface area (Å²) in [7, 11) is 0. The first-order valence-corrected chi connectivity index (χ1v) is 8.52. The largest absolute Gasteiger partial charge is 0.379 e. The molecule has 2 aromatic heterocycles. The molecule has 3 heterocycles. The first-order valence-electron chi connectivity index (χ1n) is 6.83. The molecular formula is C14H17N3O2S2. The van der Waals surface area contributed by atoms with Gasteiger partial charge in [-0.05, 0) is 19.1 Å². The minimum absolute atomic E-state index is 0.0830. The molecule has 7 heteroatoms. The zero-order valence-electron chi connectivity index (χ0n) is 11.8. The first kappa shape index (κ1) is 14.6. The fourth-order valence-electron chi connectivity index (χ4n) is 2.14. The molecule has 0 bridgehead atoms. The maximum atomic E-state index is 12.1. The van der Waals surface area contributed by atoms with Crippen LogP contribution in [-0.4, -0.2) is 42.1 Å². The molecule has 3 rings (SSSR count). The minimum atomic E-state index is -0.0830. The van der Waals surface area contributed by atoms with Crippen molar-refractivity contribution in [2.45, 2.75) is 13.5 Å². The molecule has 0 spiro atoms. The molecule has 0 atom stereocenters. The van der Waals surface area contributed by atoms with Gasteiger partial charge in [0.2, 0.25) is 0 Å². The van der Waals surface area contributed by atoms with Crippen molar-refractivity contribution in [3.05, 3.63) is 33.0 Å². The fraction of sp³-hybridized carbons (Fsp3) is 0.429. The second-order valence-corrected chi connectivity index (χ2v) is 7.04. The lowest BCUT2D eigenvalue weighted by atomic mass is 10.4. The molecule has 112 valence electrons. The lowest BCUT2D eigenvalue weighted by Crippen LogP contribution is -2.35. The zero-order chi connectivity index (χ0) is 14.7. The van der Waals surface area contributed by atoms with Crippen molar-refractivity contribution in [3.63, 3.8) is 0 Å². The normalized spacial score (nSPS) is 16.0. The fourth-order valence-corrected chi connectivity index (χ4v) is 3.60. The van der Waals surface area contributed by atoms with Crippen molar-refractivity contribution in [2.24, 2.45) is 0 Å². The van der Waals surface area contributed by atoms with Crippen molar-refractivity contribution in [3.8, 4) is 0 Å². The molecule has 0 unspecified atom stereocenters. The number of carbonyl (C=O) groups excluding carboxylic acids is 1. The van der Waals surface area contributed by atoms with Crippen LogP contribution >= 0.6 is 22.7 Å². The van der Waals surface area contributed by atoms with Gasteiger partial charge in [-0.3, -0.25) is 15.0 Å². The zero-order valence-corrected chi connectivity index (χ0v) is 13.4. The van der Waals surface area contributed by atoms with Crippen LogP contribution in [-0.2, 0) is 11.3 Å². The monoisotopic (exact) mass is 323 g/mol. The van der Waals surface area contributed by atoms with E-state index in [-0.39, 0.29) is 5.91 Å². The van der Waals surface area contributed by atoms with E-state index < -0.39 is 0 Å². The number of anilines is 1. The standard InChI is InChI=1S/C14H17N3O2S2/c1-10-2-3-12(21-10)13(18)16-14-15-11(9-20-14)8-17-4-6-19-7-5-17/h2-3,9H,4-8H2,1H3,(H,15,16,18). The van der Waals surface area contributed by atoms with Gasteiger partial charge in [0.05, 0.1) is 23.8 Å². The van der Waals surface area contributed by atoms with Crippen LogP contribution in [0.5, 0.6) is 0 Å². The smallest absolute Gasteiger partial charge is 0.267 e. The van der Waals surface area contributed by atoms with E-state index in [4.69, 9.17) is 4.74 Å². The highest BCUT2D eigenvalue weighted by Crippen LogP contribution is 2.20. The number of hydrogen-bond acceptors (Lipinski definition) is 6. The predicted molar refractivity (Wildman–Crippen MR) is 85.2 cm³/mol. The minimum Gasteiger partial charge on any atom is -0.379 e. The summed E-state index contributed by atoms with van der Waals surface area (Å²) in [4.78, 5) is 20.7. The Morgan fingerprint density at radius 2 is 2.24 bits per heavy atom. The van der Waals surface area contributed by atoms with E-state index in [9.17, 15) is 4.79 Å². The van der Waals surface area contributed by atoms with Crippen molar-refractivity contribution < 1.29 is 9.53 Å². The molecule has 1 N–H and O–H groups in total. The molecule has 1 saturated heterocycles. The van der Waals surface area contributed by atoms with Gasteiger partial charge in [0.25, 0.3) is 5.91 Å². The third-order valence-corrected chi connectivity index (χ3v) is 5.03. The number of morpholine rings is 1. The molecule has 0 saturated carbocycles. The van der Waals surface area contributed by atoms with Gasteiger partial charge in [-0.25, -0.2) is 4.98 Å². The maximum absolute atomic E-state index is 12.1. The van der Waals surface area contributed by atoms with Crippen molar-refractivity contribution >= 4 is 33.7 Å². The van der Waals surface area contributed by atoms with Gasteiger partial charge in [0.15, 0.2) is 5.13 Å². The maximum Gasteiger partial charge on any atom is 0.267 e. The van der Waals surface area contributed by atoms with Crippen LogP contribution in [0.2, 0.25) is 0 Å². The lowest BCUT2D eigenvalue weighted by molar-refractivity contribution is 0.0337. The topological polar surface area (TPSA) is 54.5 Å². The Morgan fingerprint density at radius 1 is 1.43 bits per heavy atom. The predicted octanol–water partition coefficient (Wildman–Crippen LogP) is 2.60. The van der Waals surface area contributed by atoms with E-state index in [0.717, 1.165) is 48.3 Å². The van der Waals surface area contributed by atoms with Crippen LogP contribution in [0.15, 0.2) is 17.5 Å². The van der Waals surface area contributed by atoms with Gasteiger partial charge in [-0.1, -0.05) is 0 Å². The van der Waals surface area contributed by atoms with E-state index in [1.54, 1.807) is 0 Å². The third kappa shape index (κ3) is 3.88. The summed E-state index contributed by atoms with van der Waals surface area (Å²) in [5.74, 6) is -0.0830. The average molecular weight is 323 g/mol. The molecule has 0 aromatic carbocycles. The van der Waals surface area contributed by atoms with Gasteiger partial charge >= 0.3 is 0 Å². The molecular weight excluding hydrogens is 306 g/mol. The molecule has 1 fully saturated rings. The van der Waals surface area contributed by atoms with E-state index in [1.165, 1.54) is 22.7 Å². The highest BCUT2D eigenvalue weighted by atomic mass is 32.1. The van der Waals surface area contributed by atoms with Gasteiger partial charge < -0.3 is 4.74 Å². The molecule has 1 aliphatic heterocycles. The Bertz CT molecular complexity index is 617. The number of nitrogens with one attached hydrogen (secondary N) is 1. The SMILES string of the molecule is Cc1ccc(C(=O)Nc2nc(CN3CCOCC3)cs2)s1. The number of nitrogens with zero attached hydrogens (tertiary/aromatic N) is 2. The highest BCUT2D eigenvalue weighted by Gasteiger charge is 2.14. The Labute approximate surface area is 131 Å². The first-order chi connectivity index (χ1) is 10.2. The summed E-state index contributed by atoms with van der Waals surface area (Å²) >= 11 is 2.96. The number of aryl methyl sites for hydroxylation is 1. The Morgan fingerprint density at radius 3 is 2.95 bits per heavy atom. The highest BCUT2D eigenvalue weighted by molar-refractivity contribution is 7.15. The number of hydrogen-bond donors (Lipinski definition) is 1. The quantitative estimate of drug-likeness (QED) is 0.940. The summed E-state index contributed by atoms with van der Waals surface area (Å²) in [6.45, 7) is 6.25. The molecule has 0 radical (unpaired) electrons. The number of thiophene rings is 1. The van der Waals surface area contributed by atoms with E-state index in [0.29, 0.717) is 5.13 Å². The van der Waals surface area contributed by atoms with Crippen LogP contribution in [0.4, 0.5) is 5.13 Å². The molecule has 1 aliphatic rings. The van der Waals surface area contributed by atoms with E-state index >= 15 is 0 Å². The molecule has 1 amide bonds. The van der Waals surface area contributed by atoms with Crippen molar-refractivity contribution in [2.75, 3.05) is 31.6 Å². The average Bonchev–Trinajstić information content (AvgIpc) is 3.09. The number of rotatable bonds is 4. The lowest BCUT2D eigenvalue weighted by Gasteiger charge is -2.25. The van der Waals surface area contributed by atoms with Gasteiger partial charge in [-0.15, -0.1) is 22.7 Å². The Kier molecular flexibility index (Phi) is 4.64. The molecule has 5 nitrogen and oxygen atoms in total. The van der Waals surface area contributed by atoms with Crippen molar-refractivity contribution in [1.82, 2.24) is 9.88 Å². The Hall–Kier alpha value is -1.28. The number of thiazole rings is 1. The second-order valence-electron chi connectivity index (χ2n) is 4.90. The van der Waals surface area contributed by atoms with Crippen molar-refractivity contribution in [1.29, 1.82) is 0 Å². The number of amides is 1. The summed E-state index contributed by atoms with van der Waals surface area (Å²) < 4.78 is 5.33. The molecule has 21 heavy (non-hydrogen) atoms. The number of ether oxygens (including phenoxy) is 1. The summed E-state index contributed by atoms with van der Waals surface area (Å²) in [5, 5.41) is 5.53. The summed E-state index contributed by atoms with van der Waals surface area (Å²) in [5.41, 5.74) is 1.000. The second kappa shape index (κ2) is 6.65. The van der Waals surface area contributed by atoms with Gasteiger partial charge in [-0.2, -0.15) is 0 Å². The number of carbonyl (C=O) groups is 1. The summed E-state index contributed by atoms with van der Waals surface area (Å²) in [6, 6.07) is 3.79. The van der Waals surface area contributed by atoms with Gasteiger partial charge in [0, 0.05) is 29.9 Å². The third-order valence-electron chi connectivity index (χ3n) is 3.23. The van der Waals surface area contributed by atoms with Crippen LogP contribution in [0.25, 0.3) is 0 Å². The van der Waals surface area contributed by atoms with Crippen LogP contribution in [0, 0.1) is 6.92 Å². The van der Waals surface area contributed by atoms with E-state index in [2.05, 4.69) is 15.2 Å².